The third kappa shape index (κ3) is 0.932. The molecule has 0 aliphatic heterocycles. The van der Waals surface area contributed by atoms with Gasteiger partial charge >= 0.3 is 0 Å². The van der Waals surface area contributed by atoms with Crippen molar-refractivity contribution in [2.75, 3.05) is 5.73 Å². The summed E-state index contributed by atoms with van der Waals surface area (Å²) in [5, 5.41) is 0. The van der Waals surface area contributed by atoms with Gasteiger partial charge in [-0.25, -0.2) is 4.98 Å². The van der Waals surface area contributed by atoms with Gasteiger partial charge in [0.25, 0.3) is 0 Å². The maximum Gasteiger partial charge on any atom is 0.141 e. The lowest BCUT2D eigenvalue weighted by atomic mass is 10.5. The molecule has 2 N–H and O–H groups in total. The molecule has 8 heavy (non-hydrogen) atoms. The van der Waals surface area contributed by atoms with Gasteiger partial charge in [0, 0.05) is 4.11 Å². The van der Waals surface area contributed by atoms with Gasteiger partial charge in [-0.05, 0) is 6.85 Å². The number of nitrogens with zero attached hydrogens (tertiary/aromatic N) is 2. The molecule has 0 unspecified atom stereocenters. The van der Waals surface area contributed by atoms with Crippen LogP contribution in [0.4, 0.5) is 5.82 Å². The molecule has 1 aromatic heterocycles. The lowest BCUT2D eigenvalue weighted by molar-refractivity contribution is 1.13. The molecule has 0 radical (unpaired) electrons. The van der Waals surface area contributed by atoms with E-state index in [1.165, 1.54) is 0 Å². The van der Waals surface area contributed by atoms with Gasteiger partial charge < -0.3 is 5.73 Å². The van der Waals surface area contributed by atoms with Gasteiger partial charge in [-0.1, -0.05) is 0 Å². The normalized spacial score (nSPS) is 19.8. The molecule has 3 heteroatoms. The minimum absolute atomic E-state index is 0.238. The zero-order valence-electron chi connectivity index (χ0n) is 8.97. The zero-order chi connectivity index (χ0) is 10.2. The summed E-state index contributed by atoms with van der Waals surface area (Å²) in [7, 11) is 0. The van der Waals surface area contributed by atoms with Gasteiger partial charge in [-0.2, -0.15) is 0 Å². The van der Waals surface area contributed by atoms with Gasteiger partial charge in [-0.3, -0.25) is 4.98 Å². The van der Waals surface area contributed by atoms with E-state index >= 15 is 0 Å². The second-order valence-corrected chi connectivity index (χ2v) is 1.18. The third-order valence-electron chi connectivity index (χ3n) is 0.565. The number of aryl methyl sites for hydroxylation is 1. The van der Waals surface area contributed by atoms with E-state index in [1.807, 2.05) is 0 Å². The summed E-state index contributed by atoms with van der Waals surface area (Å²) < 4.78 is 35.2. The van der Waals surface area contributed by atoms with Crippen molar-refractivity contribution < 1.29 is 6.85 Å². The van der Waals surface area contributed by atoms with Crippen LogP contribution in [0.15, 0.2) is 12.3 Å². The van der Waals surface area contributed by atoms with Crippen molar-refractivity contribution in [1.82, 2.24) is 9.97 Å². The maximum absolute atomic E-state index is 7.17. The van der Waals surface area contributed by atoms with Crippen LogP contribution in [-0.2, 0) is 0 Å². The predicted molar refractivity (Wildman–Crippen MR) is 31.2 cm³/mol. The maximum atomic E-state index is 7.17. The molecule has 0 spiro atoms. The van der Waals surface area contributed by atoms with Gasteiger partial charge in [0.1, 0.15) is 5.82 Å². The lowest BCUT2D eigenvalue weighted by Gasteiger charge is -1.88. The topological polar surface area (TPSA) is 51.8 Å². The Morgan fingerprint density at radius 3 is 3.38 bits per heavy atom. The van der Waals surface area contributed by atoms with Crippen LogP contribution in [0.25, 0.3) is 0 Å². The largest absolute Gasteiger partial charge is 0.382 e. The standard InChI is InChI=1S/C5H7N3/c1-4-2-8-5(6)3-7-4/h2-3H,1H3,(H2,6,8)/i1D3,2D,3D. The molecule has 42 valence electrons. The van der Waals surface area contributed by atoms with Crippen molar-refractivity contribution in [3.8, 4) is 0 Å². The Morgan fingerprint density at radius 1 is 1.75 bits per heavy atom. The van der Waals surface area contributed by atoms with E-state index in [4.69, 9.17) is 12.6 Å². The van der Waals surface area contributed by atoms with Gasteiger partial charge in [0.15, 0.2) is 0 Å². The predicted octanol–water partition coefficient (Wildman–Crippen LogP) is 0.367. The van der Waals surface area contributed by atoms with Gasteiger partial charge in [-0.15, -0.1) is 0 Å². The van der Waals surface area contributed by atoms with Crippen molar-refractivity contribution in [2.24, 2.45) is 0 Å². The number of aromatic nitrogens is 2. The number of hydrogen-bond acceptors (Lipinski definition) is 3. The van der Waals surface area contributed by atoms with E-state index in [1.54, 1.807) is 0 Å². The highest BCUT2D eigenvalue weighted by Crippen LogP contribution is 1.91. The van der Waals surface area contributed by atoms with Crippen molar-refractivity contribution in [1.29, 1.82) is 0 Å². The van der Waals surface area contributed by atoms with Gasteiger partial charge in [0.2, 0.25) is 0 Å². The van der Waals surface area contributed by atoms with Crippen LogP contribution in [0.5, 0.6) is 0 Å². The average molecular weight is 114 g/mol. The summed E-state index contributed by atoms with van der Waals surface area (Å²) in [5.74, 6) is -0.238. The fourth-order valence-corrected chi connectivity index (χ4v) is 0.276. The molecular formula is C5H7N3. The minimum Gasteiger partial charge on any atom is -0.382 e. The van der Waals surface area contributed by atoms with Crippen LogP contribution in [-0.4, -0.2) is 9.97 Å². The van der Waals surface area contributed by atoms with Crippen LogP contribution in [0, 0.1) is 6.85 Å². The second-order valence-electron chi connectivity index (χ2n) is 1.18. The SMILES string of the molecule is [2H]c1nc(C([2H])([2H])[2H])c([2H])nc1N. The minimum atomic E-state index is -2.52. The number of nitrogen functional groups attached to an aromatic ring is 1. The third-order valence-corrected chi connectivity index (χ3v) is 0.565. The summed E-state index contributed by atoms with van der Waals surface area (Å²) in [6.45, 7) is -2.52. The van der Waals surface area contributed by atoms with E-state index in [9.17, 15) is 0 Å². The monoisotopic (exact) mass is 114 g/mol. The van der Waals surface area contributed by atoms with Crippen molar-refractivity contribution >= 4 is 5.82 Å². The molecule has 1 aromatic rings. The lowest BCUT2D eigenvalue weighted by Crippen LogP contribution is -1.90. The molecular weight excluding hydrogens is 102 g/mol. The molecule has 0 fully saturated rings. The molecule has 0 bridgehead atoms. The molecule has 0 aliphatic rings. The molecule has 0 atom stereocenters. The fourth-order valence-electron chi connectivity index (χ4n) is 0.276. The number of hydrogen-bond donors (Lipinski definition) is 1. The Morgan fingerprint density at radius 2 is 2.62 bits per heavy atom. The summed E-state index contributed by atoms with van der Waals surface area (Å²) in [6.07, 6.45) is -0.921. The fraction of sp³-hybridized carbons (Fsp3) is 0.200. The van der Waals surface area contributed by atoms with Crippen LogP contribution in [0.2, 0.25) is 0 Å². The van der Waals surface area contributed by atoms with Crippen molar-refractivity contribution in [3.63, 3.8) is 0 Å². The molecule has 1 heterocycles. The number of nitrogens with two attached hydrogens (primary N) is 1. The Kier molecular flexibility index (Phi) is 0.374. The van der Waals surface area contributed by atoms with E-state index in [-0.39, 0.29) is 5.82 Å². The van der Waals surface area contributed by atoms with E-state index < -0.39 is 24.9 Å². The summed E-state index contributed by atoms with van der Waals surface area (Å²) >= 11 is 0. The first kappa shape index (κ1) is 1.69. The summed E-state index contributed by atoms with van der Waals surface area (Å²) in [6, 6.07) is 0. The highest BCUT2D eigenvalue weighted by molar-refractivity contribution is 5.22. The Labute approximate surface area is 54.6 Å². The molecule has 0 amide bonds. The Bertz CT molecular complexity index is 334. The zero-order valence-corrected chi connectivity index (χ0v) is 3.97. The average Bonchev–Trinajstić information content (AvgIpc) is 1.94. The second kappa shape index (κ2) is 1.78. The van der Waals surface area contributed by atoms with Crippen LogP contribution in [0.3, 0.4) is 0 Å². The number of anilines is 1. The molecule has 0 aliphatic carbocycles. The van der Waals surface area contributed by atoms with E-state index in [0.717, 1.165) is 0 Å². The quantitative estimate of drug-likeness (QED) is 0.530. The van der Waals surface area contributed by atoms with E-state index in [2.05, 4.69) is 9.97 Å². The molecule has 0 saturated carbocycles. The summed E-state index contributed by atoms with van der Waals surface area (Å²) in [4.78, 5) is 6.75. The Balaban J connectivity index is 3.32. The molecule has 0 saturated heterocycles. The van der Waals surface area contributed by atoms with Crippen LogP contribution < -0.4 is 5.73 Å². The highest BCUT2D eigenvalue weighted by Gasteiger charge is 1.83. The van der Waals surface area contributed by atoms with Crippen molar-refractivity contribution in [2.45, 2.75) is 6.85 Å². The first-order chi connectivity index (χ1) is 5.82. The smallest absolute Gasteiger partial charge is 0.141 e. The molecule has 3 nitrogen and oxygen atoms in total. The van der Waals surface area contributed by atoms with E-state index in [0.29, 0.717) is 0 Å². The van der Waals surface area contributed by atoms with Crippen LogP contribution >= 0.6 is 0 Å². The first-order valence-corrected chi connectivity index (χ1v) is 1.93. The number of rotatable bonds is 0. The Hall–Kier alpha value is -1.12. The van der Waals surface area contributed by atoms with Gasteiger partial charge in [0.05, 0.1) is 20.8 Å². The van der Waals surface area contributed by atoms with Crippen LogP contribution in [0.1, 0.15) is 12.5 Å². The first-order valence-electron chi connectivity index (χ1n) is 4.43. The summed E-state index contributed by atoms with van der Waals surface area (Å²) in [5.41, 5.74) is 4.67. The highest BCUT2D eigenvalue weighted by atomic mass is 14.9. The molecule has 0 aromatic carbocycles. The van der Waals surface area contributed by atoms with Crippen molar-refractivity contribution in [3.05, 3.63) is 18.0 Å². The molecule has 1 rings (SSSR count).